The van der Waals surface area contributed by atoms with Gasteiger partial charge in [0.25, 0.3) is 5.91 Å². The van der Waals surface area contributed by atoms with Crippen molar-refractivity contribution in [3.8, 4) is 0 Å². The Bertz CT molecular complexity index is 908. The zero-order valence-corrected chi connectivity index (χ0v) is 14.8. The number of halogens is 1. The van der Waals surface area contributed by atoms with Gasteiger partial charge in [0.15, 0.2) is 5.78 Å². The number of amides is 3. The molecule has 0 radical (unpaired) electrons. The van der Waals surface area contributed by atoms with Crippen molar-refractivity contribution >= 4 is 17.7 Å². The molecule has 0 aromatic heterocycles. The molecular weight excluding hydrogens is 335 g/mol. The van der Waals surface area contributed by atoms with Crippen LogP contribution in [0.3, 0.4) is 0 Å². The molecule has 0 unspecified atom stereocenters. The van der Waals surface area contributed by atoms with Gasteiger partial charge in [0.05, 0.1) is 6.54 Å². The zero-order valence-electron chi connectivity index (χ0n) is 14.8. The standard InChI is InChI=1S/C20H19FN2O3/c1-12-4-9-16(13(2)10-12)17(24)11-23-18(25)20(3,22-19(23)26)14-5-7-15(21)8-6-14/h4-10H,11H2,1-3H3,(H,22,26)/t20-/m1/s1. The summed E-state index contributed by atoms with van der Waals surface area (Å²) in [6.07, 6.45) is 0. The molecule has 1 fully saturated rings. The van der Waals surface area contributed by atoms with Gasteiger partial charge in [-0.3, -0.25) is 14.5 Å². The van der Waals surface area contributed by atoms with Crippen LogP contribution < -0.4 is 5.32 Å². The number of hydrogen-bond acceptors (Lipinski definition) is 3. The summed E-state index contributed by atoms with van der Waals surface area (Å²) in [6.45, 7) is 4.94. The summed E-state index contributed by atoms with van der Waals surface area (Å²) >= 11 is 0. The van der Waals surface area contributed by atoms with Crippen LogP contribution >= 0.6 is 0 Å². The number of carbonyl (C=O) groups excluding carboxylic acids is 3. The predicted molar refractivity (Wildman–Crippen MR) is 94.2 cm³/mol. The van der Waals surface area contributed by atoms with Gasteiger partial charge in [0.1, 0.15) is 11.4 Å². The maximum Gasteiger partial charge on any atom is 0.325 e. The summed E-state index contributed by atoms with van der Waals surface area (Å²) in [7, 11) is 0. The number of nitrogens with zero attached hydrogens (tertiary/aromatic N) is 1. The Morgan fingerprint density at radius 2 is 1.77 bits per heavy atom. The summed E-state index contributed by atoms with van der Waals surface area (Å²) in [4.78, 5) is 38.6. The van der Waals surface area contributed by atoms with E-state index in [1.165, 1.54) is 24.3 Å². The third-order valence-corrected chi connectivity index (χ3v) is 4.68. The second-order valence-electron chi connectivity index (χ2n) is 6.69. The van der Waals surface area contributed by atoms with Crippen molar-refractivity contribution < 1.29 is 18.8 Å². The van der Waals surface area contributed by atoms with Crippen LogP contribution in [0.15, 0.2) is 42.5 Å². The predicted octanol–water partition coefficient (Wildman–Crippen LogP) is 3.09. The fraction of sp³-hybridized carbons (Fsp3) is 0.250. The molecule has 1 N–H and O–H groups in total. The van der Waals surface area contributed by atoms with Crippen molar-refractivity contribution in [2.45, 2.75) is 26.3 Å². The Kier molecular flexibility index (Phi) is 4.36. The van der Waals surface area contributed by atoms with Crippen LogP contribution in [0.1, 0.15) is 34.0 Å². The monoisotopic (exact) mass is 354 g/mol. The highest BCUT2D eigenvalue weighted by atomic mass is 19.1. The minimum atomic E-state index is -1.33. The Morgan fingerprint density at radius 1 is 1.12 bits per heavy atom. The van der Waals surface area contributed by atoms with Gasteiger partial charge in [0, 0.05) is 5.56 Å². The number of ketones is 1. The normalized spacial score (nSPS) is 19.6. The first-order valence-corrected chi connectivity index (χ1v) is 8.23. The number of aryl methyl sites for hydroxylation is 2. The molecule has 0 saturated carbocycles. The van der Waals surface area contributed by atoms with Crippen LogP contribution in [0.2, 0.25) is 0 Å². The zero-order chi connectivity index (χ0) is 19.1. The Balaban J connectivity index is 1.85. The average Bonchev–Trinajstić information content (AvgIpc) is 2.79. The molecule has 1 saturated heterocycles. The largest absolute Gasteiger partial charge is 0.325 e. The summed E-state index contributed by atoms with van der Waals surface area (Å²) in [6, 6.07) is 10.1. The molecule has 5 nitrogen and oxygen atoms in total. The van der Waals surface area contributed by atoms with Gasteiger partial charge in [-0.05, 0) is 44.0 Å². The molecule has 6 heteroatoms. The van der Waals surface area contributed by atoms with Crippen LogP contribution in [0.25, 0.3) is 0 Å². The van der Waals surface area contributed by atoms with E-state index in [1.54, 1.807) is 13.0 Å². The molecule has 0 bridgehead atoms. The lowest BCUT2D eigenvalue weighted by atomic mass is 9.92. The van der Waals surface area contributed by atoms with Gasteiger partial charge < -0.3 is 5.32 Å². The lowest BCUT2D eigenvalue weighted by Crippen LogP contribution is -2.41. The molecule has 0 spiro atoms. The SMILES string of the molecule is Cc1ccc(C(=O)CN2C(=O)N[C@](C)(c3ccc(F)cc3)C2=O)c(C)c1. The second-order valence-corrected chi connectivity index (χ2v) is 6.69. The minimum absolute atomic E-state index is 0.311. The second kappa shape index (κ2) is 6.37. The molecule has 2 aromatic carbocycles. The molecule has 134 valence electrons. The van der Waals surface area contributed by atoms with Crippen LogP contribution in [-0.2, 0) is 10.3 Å². The topological polar surface area (TPSA) is 66.5 Å². The molecule has 1 heterocycles. The highest BCUT2D eigenvalue weighted by Gasteiger charge is 2.49. The molecule has 0 aliphatic carbocycles. The molecule has 2 aromatic rings. The van der Waals surface area contributed by atoms with E-state index in [-0.39, 0.29) is 12.3 Å². The third kappa shape index (κ3) is 2.98. The van der Waals surface area contributed by atoms with Gasteiger partial charge in [-0.25, -0.2) is 9.18 Å². The van der Waals surface area contributed by atoms with Gasteiger partial charge in [-0.15, -0.1) is 0 Å². The number of hydrogen-bond donors (Lipinski definition) is 1. The first kappa shape index (κ1) is 17.8. The van der Waals surface area contributed by atoms with E-state index in [4.69, 9.17) is 0 Å². The first-order valence-electron chi connectivity index (χ1n) is 8.23. The number of urea groups is 1. The van der Waals surface area contributed by atoms with E-state index in [2.05, 4.69) is 5.32 Å². The van der Waals surface area contributed by atoms with E-state index in [9.17, 15) is 18.8 Å². The van der Waals surface area contributed by atoms with E-state index < -0.39 is 23.3 Å². The number of nitrogens with one attached hydrogen (secondary N) is 1. The summed E-state index contributed by atoms with van der Waals surface area (Å²) < 4.78 is 13.1. The molecule has 3 amide bonds. The summed E-state index contributed by atoms with van der Waals surface area (Å²) in [5.41, 5.74) is 1.43. The number of rotatable bonds is 4. The Hall–Kier alpha value is -3.02. The van der Waals surface area contributed by atoms with Crippen molar-refractivity contribution in [1.29, 1.82) is 0 Å². The quantitative estimate of drug-likeness (QED) is 0.678. The fourth-order valence-corrected chi connectivity index (χ4v) is 3.17. The maximum atomic E-state index is 13.1. The van der Waals surface area contributed by atoms with Crippen LogP contribution in [0, 0.1) is 19.7 Å². The van der Waals surface area contributed by atoms with Crippen LogP contribution in [0.4, 0.5) is 9.18 Å². The number of carbonyl (C=O) groups is 3. The Labute approximate surface area is 150 Å². The van der Waals surface area contributed by atoms with Crippen molar-refractivity contribution in [1.82, 2.24) is 10.2 Å². The van der Waals surface area contributed by atoms with E-state index in [0.717, 1.165) is 16.0 Å². The van der Waals surface area contributed by atoms with Crippen LogP contribution in [0.5, 0.6) is 0 Å². The minimum Gasteiger partial charge on any atom is -0.319 e. The summed E-state index contributed by atoms with van der Waals surface area (Å²) in [5, 5.41) is 2.61. The summed E-state index contributed by atoms with van der Waals surface area (Å²) in [5.74, 6) is -1.28. The van der Waals surface area contributed by atoms with E-state index >= 15 is 0 Å². The van der Waals surface area contributed by atoms with Gasteiger partial charge in [-0.1, -0.05) is 35.9 Å². The van der Waals surface area contributed by atoms with Crippen molar-refractivity contribution in [2.75, 3.05) is 6.54 Å². The number of benzene rings is 2. The molecule has 3 rings (SSSR count). The van der Waals surface area contributed by atoms with Gasteiger partial charge >= 0.3 is 6.03 Å². The van der Waals surface area contributed by atoms with Crippen molar-refractivity contribution in [3.05, 3.63) is 70.5 Å². The number of imide groups is 1. The third-order valence-electron chi connectivity index (χ3n) is 4.68. The first-order chi connectivity index (χ1) is 12.2. The molecular formula is C20H19FN2O3. The fourth-order valence-electron chi connectivity index (χ4n) is 3.17. The highest BCUT2D eigenvalue weighted by molar-refractivity contribution is 6.11. The lowest BCUT2D eigenvalue weighted by Gasteiger charge is -2.22. The van der Waals surface area contributed by atoms with Crippen molar-refractivity contribution in [3.63, 3.8) is 0 Å². The molecule has 1 aliphatic heterocycles. The number of Topliss-reactive ketones (excluding diaryl/α,β-unsaturated/α-hetero) is 1. The lowest BCUT2D eigenvalue weighted by molar-refractivity contribution is -0.130. The molecule has 1 atom stereocenters. The average molecular weight is 354 g/mol. The van der Waals surface area contributed by atoms with Gasteiger partial charge in [-0.2, -0.15) is 0 Å². The highest BCUT2D eigenvalue weighted by Crippen LogP contribution is 2.29. The molecule has 26 heavy (non-hydrogen) atoms. The smallest absolute Gasteiger partial charge is 0.319 e. The van der Waals surface area contributed by atoms with Crippen LogP contribution in [-0.4, -0.2) is 29.2 Å². The maximum absolute atomic E-state index is 13.1. The van der Waals surface area contributed by atoms with Crippen molar-refractivity contribution in [2.24, 2.45) is 0 Å². The van der Waals surface area contributed by atoms with E-state index in [0.29, 0.717) is 11.1 Å². The molecule has 1 aliphatic rings. The van der Waals surface area contributed by atoms with Gasteiger partial charge in [0.2, 0.25) is 0 Å². The van der Waals surface area contributed by atoms with E-state index in [1.807, 2.05) is 26.0 Å². The Morgan fingerprint density at radius 3 is 2.38 bits per heavy atom.